The third-order valence-electron chi connectivity index (χ3n) is 6.28. The number of hydrogen-bond acceptors (Lipinski definition) is 6. The Morgan fingerprint density at radius 3 is 2.74 bits per heavy atom. The molecule has 0 radical (unpaired) electrons. The Labute approximate surface area is 194 Å². The van der Waals surface area contributed by atoms with Crippen LogP contribution in [-0.2, 0) is 11.3 Å². The first-order valence-corrected chi connectivity index (χ1v) is 11.4. The van der Waals surface area contributed by atoms with Crippen LogP contribution in [0.3, 0.4) is 0 Å². The fourth-order valence-corrected chi connectivity index (χ4v) is 4.48. The van der Waals surface area contributed by atoms with Gasteiger partial charge in [-0.2, -0.15) is 0 Å². The smallest absolute Gasteiger partial charge is 0.256 e. The summed E-state index contributed by atoms with van der Waals surface area (Å²) in [5.74, 6) is 1.21. The van der Waals surface area contributed by atoms with Crippen molar-refractivity contribution in [3.8, 4) is 11.3 Å². The summed E-state index contributed by atoms with van der Waals surface area (Å²) in [6, 6.07) is 5.71. The first-order valence-electron chi connectivity index (χ1n) is 11.4. The highest BCUT2D eigenvalue weighted by molar-refractivity contribution is 5.82. The Hall–Kier alpha value is -3.63. The number of nitrogens with zero attached hydrogens (tertiary/aromatic N) is 7. The van der Waals surface area contributed by atoms with Crippen LogP contribution in [0.5, 0.6) is 0 Å². The molecule has 9 nitrogen and oxygen atoms in total. The second-order valence-corrected chi connectivity index (χ2v) is 8.49. The summed E-state index contributed by atoms with van der Waals surface area (Å²) < 4.78 is 29.3. The fourth-order valence-electron chi connectivity index (χ4n) is 4.48. The number of likely N-dealkylation sites (tertiary alicyclic amines) is 1. The van der Waals surface area contributed by atoms with E-state index in [2.05, 4.69) is 25.4 Å². The van der Waals surface area contributed by atoms with Crippen LogP contribution in [0, 0.1) is 6.92 Å². The van der Waals surface area contributed by atoms with Crippen LogP contribution >= 0.6 is 0 Å². The molecule has 4 aromatic heterocycles. The summed E-state index contributed by atoms with van der Waals surface area (Å²) in [5, 5.41) is 7.95. The lowest BCUT2D eigenvalue weighted by molar-refractivity contribution is -0.131. The van der Waals surface area contributed by atoms with Crippen molar-refractivity contribution in [1.29, 1.82) is 0 Å². The van der Waals surface area contributed by atoms with E-state index in [1.807, 2.05) is 30.2 Å². The van der Waals surface area contributed by atoms with E-state index in [4.69, 9.17) is 0 Å². The van der Waals surface area contributed by atoms with E-state index in [-0.39, 0.29) is 11.9 Å². The van der Waals surface area contributed by atoms with Crippen molar-refractivity contribution < 1.29 is 13.6 Å². The van der Waals surface area contributed by atoms with Gasteiger partial charge in [-0.25, -0.2) is 28.2 Å². The Morgan fingerprint density at radius 1 is 1.21 bits per heavy atom. The van der Waals surface area contributed by atoms with E-state index in [1.54, 1.807) is 23.7 Å². The number of pyridine rings is 1. The zero-order valence-corrected chi connectivity index (χ0v) is 19.1. The van der Waals surface area contributed by atoms with Gasteiger partial charge in [0.05, 0.1) is 24.0 Å². The standard InChI is InChI=1S/C23H26F2N8O/c1-3-21(34)31-9-6-15(7-10-31)28-23-26-12-19-16(8-11-33(19)30-23)17-4-5-18-22(29-17)32(13-20(24)25)14(2)27-18/h4-5,8,11-12,15,20H,3,6-7,9-10,13H2,1-2H3,(H,28,30). The SMILES string of the molecule is CCC(=O)N1CCC(Nc2ncc3c(-c4ccc5nc(C)n(CC(F)F)c5n4)ccn3n2)CC1. The first-order chi connectivity index (χ1) is 16.4. The number of aromatic nitrogens is 6. The summed E-state index contributed by atoms with van der Waals surface area (Å²) in [6.07, 6.45) is 3.29. The average molecular weight is 469 g/mol. The fraction of sp³-hybridized carbons (Fsp3) is 0.435. The van der Waals surface area contributed by atoms with Crippen molar-refractivity contribution in [3.05, 3.63) is 36.4 Å². The van der Waals surface area contributed by atoms with Gasteiger partial charge in [0, 0.05) is 37.3 Å². The molecule has 178 valence electrons. The minimum atomic E-state index is -2.49. The molecule has 0 bridgehead atoms. The molecule has 5 rings (SSSR count). The number of fused-ring (bicyclic) bond motifs is 2. The number of amides is 1. The van der Waals surface area contributed by atoms with E-state index in [0.29, 0.717) is 35.1 Å². The molecule has 0 unspecified atom stereocenters. The molecular formula is C23H26F2N8O. The number of imidazole rings is 1. The summed E-state index contributed by atoms with van der Waals surface area (Å²) in [7, 11) is 0. The van der Waals surface area contributed by atoms with Crippen LogP contribution in [0.4, 0.5) is 14.7 Å². The number of hydrogen-bond donors (Lipinski definition) is 1. The van der Waals surface area contributed by atoms with Crippen LogP contribution in [0.2, 0.25) is 0 Å². The molecule has 1 fully saturated rings. The van der Waals surface area contributed by atoms with Gasteiger partial charge in [0.2, 0.25) is 11.9 Å². The topological polar surface area (TPSA) is 93.2 Å². The molecular weight excluding hydrogens is 442 g/mol. The third kappa shape index (κ3) is 4.17. The highest BCUT2D eigenvalue weighted by Gasteiger charge is 2.22. The Balaban J connectivity index is 1.37. The second kappa shape index (κ2) is 8.96. The van der Waals surface area contributed by atoms with Crippen LogP contribution < -0.4 is 5.32 Å². The minimum absolute atomic E-state index is 0.190. The van der Waals surface area contributed by atoms with Crippen LogP contribution in [0.25, 0.3) is 27.9 Å². The zero-order valence-electron chi connectivity index (χ0n) is 19.1. The highest BCUT2D eigenvalue weighted by atomic mass is 19.3. The lowest BCUT2D eigenvalue weighted by Gasteiger charge is -2.32. The molecule has 0 saturated carbocycles. The van der Waals surface area contributed by atoms with Crippen molar-refractivity contribution in [1.82, 2.24) is 34.0 Å². The van der Waals surface area contributed by atoms with E-state index in [9.17, 15) is 13.6 Å². The number of aryl methyl sites for hydroxylation is 1. The molecule has 1 saturated heterocycles. The van der Waals surface area contributed by atoms with Crippen LogP contribution in [-0.4, -0.2) is 65.5 Å². The zero-order chi connectivity index (χ0) is 23.8. The number of carbonyl (C=O) groups excluding carboxylic acids is 1. The Bertz CT molecular complexity index is 1340. The van der Waals surface area contributed by atoms with Crippen molar-refractivity contribution >= 4 is 28.5 Å². The molecule has 0 atom stereocenters. The van der Waals surface area contributed by atoms with Gasteiger partial charge in [-0.1, -0.05) is 6.92 Å². The first kappa shape index (κ1) is 22.2. The van der Waals surface area contributed by atoms with Gasteiger partial charge in [0.25, 0.3) is 6.43 Å². The number of rotatable bonds is 6. The molecule has 4 aromatic rings. The van der Waals surface area contributed by atoms with Gasteiger partial charge < -0.3 is 14.8 Å². The van der Waals surface area contributed by atoms with Crippen LogP contribution in [0.1, 0.15) is 32.0 Å². The lowest BCUT2D eigenvalue weighted by Crippen LogP contribution is -2.42. The minimum Gasteiger partial charge on any atom is -0.350 e. The molecule has 34 heavy (non-hydrogen) atoms. The molecule has 1 N–H and O–H groups in total. The Morgan fingerprint density at radius 2 is 2.00 bits per heavy atom. The van der Waals surface area contributed by atoms with Crippen molar-refractivity contribution in [3.63, 3.8) is 0 Å². The van der Waals surface area contributed by atoms with Gasteiger partial charge >= 0.3 is 0 Å². The van der Waals surface area contributed by atoms with E-state index in [0.717, 1.165) is 37.0 Å². The molecule has 0 aliphatic carbocycles. The number of halogens is 2. The van der Waals surface area contributed by atoms with Crippen molar-refractivity contribution in [2.45, 2.75) is 52.1 Å². The largest absolute Gasteiger partial charge is 0.350 e. The predicted molar refractivity (Wildman–Crippen MR) is 124 cm³/mol. The van der Waals surface area contributed by atoms with Gasteiger partial charge in [0.1, 0.15) is 11.3 Å². The summed E-state index contributed by atoms with van der Waals surface area (Å²) in [5.41, 5.74) is 3.23. The van der Waals surface area contributed by atoms with E-state index >= 15 is 0 Å². The van der Waals surface area contributed by atoms with E-state index in [1.165, 1.54) is 4.57 Å². The van der Waals surface area contributed by atoms with E-state index < -0.39 is 13.0 Å². The van der Waals surface area contributed by atoms with Gasteiger partial charge in [-0.05, 0) is 38.0 Å². The molecule has 0 aromatic carbocycles. The van der Waals surface area contributed by atoms with Gasteiger partial charge in [-0.15, -0.1) is 5.10 Å². The maximum absolute atomic E-state index is 13.0. The third-order valence-corrected chi connectivity index (χ3v) is 6.28. The predicted octanol–water partition coefficient (Wildman–Crippen LogP) is 3.53. The molecule has 1 amide bonds. The number of nitrogens with one attached hydrogen (secondary N) is 1. The van der Waals surface area contributed by atoms with Gasteiger partial charge in [-0.3, -0.25) is 4.79 Å². The Kier molecular flexibility index (Phi) is 5.84. The highest BCUT2D eigenvalue weighted by Crippen LogP contribution is 2.27. The maximum atomic E-state index is 13.0. The number of alkyl halides is 2. The molecule has 1 aliphatic rings. The second-order valence-electron chi connectivity index (χ2n) is 8.49. The van der Waals surface area contributed by atoms with Gasteiger partial charge in [0.15, 0.2) is 5.65 Å². The molecule has 0 spiro atoms. The summed E-state index contributed by atoms with van der Waals surface area (Å²) in [6.45, 7) is 4.60. The number of piperidine rings is 1. The maximum Gasteiger partial charge on any atom is 0.256 e. The average Bonchev–Trinajstić information content (AvgIpc) is 3.39. The summed E-state index contributed by atoms with van der Waals surface area (Å²) in [4.78, 5) is 27.2. The monoisotopic (exact) mass is 468 g/mol. The summed E-state index contributed by atoms with van der Waals surface area (Å²) >= 11 is 0. The quantitative estimate of drug-likeness (QED) is 0.465. The molecule has 5 heterocycles. The molecule has 1 aliphatic heterocycles. The van der Waals surface area contributed by atoms with Crippen molar-refractivity contribution in [2.75, 3.05) is 18.4 Å². The number of anilines is 1. The lowest BCUT2D eigenvalue weighted by atomic mass is 10.1. The normalized spacial score (nSPS) is 15.0. The van der Waals surface area contributed by atoms with Crippen LogP contribution in [0.15, 0.2) is 30.6 Å². The van der Waals surface area contributed by atoms with Crippen molar-refractivity contribution in [2.24, 2.45) is 0 Å². The molecule has 11 heteroatoms. The number of carbonyl (C=O) groups is 1.